The summed E-state index contributed by atoms with van der Waals surface area (Å²) >= 11 is 0. The molecule has 1 unspecified atom stereocenters. The zero-order chi connectivity index (χ0) is 19.4. The summed E-state index contributed by atoms with van der Waals surface area (Å²) in [7, 11) is -1.45. The lowest BCUT2D eigenvalue weighted by Crippen LogP contribution is -2.36. The van der Waals surface area contributed by atoms with Gasteiger partial charge in [0.15, 0.2) is 9.84 Å². The maximum absolute atomic E-state index is 12.6. The Kier molecular flexibility index (Phi) is 5.65. The van der Waals surface area contributed by atoms with Crippen molar-refractivity contribution in [2.24, 2.45) is 0 Å². The van der Waals surface area contributed by atoms with Crippen LogP contribution in [0.5, 0.6) is 5.75 Å². The standard InChI is InChI=1S/C19H23N3O4S/c1-3-22(15-8-9-27(24,25)13-15)16-10-14(11-20-12-16)19(23)21-17-6-4-5-7-18(17)26-2/h4-7,10-12,15H,3,8-9,13H2,1-2H3,(H,21,23). The van der Waals surface area contributed by atoms with Gasteiger partial charge >= 0.3 is 0 Å². The fourth-order valence-electron chi connectivity index (χ4n) is 3.32. The van der Waals surface area contributed by atoms with Crippen LogP contribution in [0.15, 0.2) is 42.7 Å². The predicted molar refractivity (Wildman–Crippen MR) is 105 cm³/mol. The molecule has 1 N–H and O–H groups in total. The van der Waals surface area contributed by atoms with Crippen molar-refractivity contribution >= 4 is 27.1 Å². The van der Waals surface area contributed by atoms with Crippen LogP contribution in [-0.4, -0.2) is 50.5 Å². The van der Waals surface area contributed by atoms with Gasteiger partial charge in [0.2, 0.25) is 0 Å². The van der Waals surface area contributed by atoms with Gasteiger partial charge in [-0.3, -0.25) is 9.78 Å². The molecule has 0 saturated carbocycles. The molecule has 2 aromatic rings. The van der Waals surface area contributed by atoms with E-state index in [0.717, 1.165) is 5.69 Å². The van der Waals surface area contributed by atoms with E-state index in [0.29, 0.717) is 30.0 Å². The molecule has 1 atom stereocenters. The molecule has 0 aliphatic carbocycles. The molecule has 7 nitrogen and oxygen atoms in total. The molecule has 1 amide bonds. The van der Waals surface area contributed by atoms with Crippen LogP contribution in [0.25, 0.3) is 0 Å². The molecule has 3 rings (SSSR count). The number of nitrogens with one attached hydrogen (secondary N) is 1. The Hall–Kier alpha value is -2.61. The summed E-state index contributed by atoms with van der Waals surface area (Å²) in [6, 6.07) is 8.82. The Morgan fingerprint density at radius 3 is 2.78 bits per heavy atom. The first-order chi connectivity index (χ1) is 12.9. The minimum Gasteiger partial charge on any atom is -0.495 e. The molecule has 1 saturated heterocycles. The van der Waals surface area contributed by atoms with E-state index in [1.54, 1.807) is 31.5 Å². The van der Waals surface area contributed by atoms with Gasteiger partial charge in [-0.1, -0.05) is 12.1 Å². The molecule has 1 fully saturated rings. The van der Waals surface area contributed by atoms with Crippen LogP contribution in [0.2, 0.25) is 0 Å². The van der Waals surface area contributed by atoms with E-state index in [1.807, 2.05) is 24.0 Å². The van der Waals surface area contributed by atoms with Crippen molar-refractivity contribution in [3.63, 3.8) is 0 Å². The maximum Gasteiger partial charge on any atom is 0.257 e. The van der Waals surface area contributed by atoms with Crippen molar-refractivity contribution in [3.8, 4) is 5.75 Å². The highest BCUT2D eigenvalue weighted by Gasteiger charge is 2.32. The number of aromatic nitrogens is 1. The van der Waals surface area contributed by atoms with E-state index < -0.39 is 9.84 Å². The van der Waals surface area contributed by atoms with E-state index in [1.165, 1.54) is 6.20 Å². The third-order valence-electron chi connectivity index (χ3n) is 4.66. The number of amides is 1. The minimum atomic E-state index is -2.99. The second kappa shape index (κ2) is 7.96. The molecule has 1 aromatic heterocycles. The first-order valence-corrected chi connectivity index (χ1v) is 10.6. The molecule has 27 heavy (non-hydrogen) atoms. The van der Waals surface area contributed by atoms with Crippen molar-refractivity contribution < 1.29 is 17.9 Å². The summed E-state index contributed by atoms with van der Waals surface area (Å²) in [5.74, 6) is 0.610. The predicted octanol–water partition coefficient (Wildman–Crippen LogP) is 2.36. The molecular formula is C19H23N3O4S. The van der Waals surface area contributed by atoms with Crippen molar-refractivity contribution in [2.75, 3.05) is 35.4 Å². The van der Waals surface area contributed by atoms with Gasteiger partial charge < -0.3 is 15.0 Å². The van der Waals surface area contributed by atoms with Gasteiger partial charge in [0.25, 0.3) is 5.91 Å². The smallest absolute Gasteiger partial charge is 0.257 e. The number of anilines is 2. The largest absolute Gasteiger partial charge is 0.495 e. The number of benzene rings is 1. The zero-order valence-electron chi connectivity index (χ0n) is 15.4. The number of carbonyl (C=O) groups is 1. The van der Waals surface area contributed by atoms with Crippen LogP contribution in [0.3, 0.4) is 0 Å². The molecule has 1 aliphatic rings. The molecule has 8 heteroatoms. The van der Waals surface area contributed by atoms with Crippen molar-refractivity contribution in [1.29, 1.82) is 0 Å². The maximum atomic E-state index is 12.6. The fourth-order valence-corrected chi connectivity index (χ4v) is 5.05. The van der Waals surface area contributed by atoms with Gasteiger partial charge in [0.05, 0.1) is 41.8 Å². The summed E-state index contributed by atoms with van der Waals surface area (Å²) in [4.78, 5) is 18.8. The van der Waals surface area contributed by atoms with E-state index in [-0.39, 0.29) is 23.5 Å². The van der Waals surface area contributed by atoms with Crippen LogP contribution in [0, 0.1) is 0 Å². The van der Waals surface area contributed by atoms with Gasteiger partial charge in [0.1, 0.15) is 5.75 Å². The quantitative estimate of drug-likeness (QED) is 0.816. The highest BCUT2D eigenvalue weighted by molar-refractivity contribution is 7.91. The van der Waals surface area contributed by atoms with Gasteiger partial charge in [-0.15, -0.1) is 0 Å². The Morgan fingerprint density at radius 2 is 2.11 bits per heavy atom. The molecular weight excluding hydrogens is 366 g/mol. The number of nitrogens with zero attached hydrogens (tertiary/aromatic N) is 2. The van der Waals surface area contributed by atoms with Crippen LogP contribution in [-0.2, 0) is 9.84 Å². The van der Waals surface area contributed by atoms with Gasteiger partial charge in [0, 0.05) is 18.8 Å². The minimum absolute atomic E-state index is 0.0886. The highest BCUT2D eigenvalue weighted by atomic mass is 32.2. The topological polar surface area (TPSA) is 88.6 Å². The molecule has 0 bridgehead atoms. The third-order valence-corrected chi connectivity index (χ3v) is 6.41. The molecule has 0 radical (unpaired) electrons. The number of hydrogen-bond acceptors (Lipinski definition) is 6. The number of carbonyl (C=O) groups excluding carboxylic acids is 1. The van der Waals surface area contributed by atoms with E-state index in [9.17, 15) is 13.2 Å². The van der Waals surface area contributed by atoms with Crippen LogP contribution < -0.4 is 15.0 Å². The Balaban J connectivity index is 1.81. The third kappa shape index (κ3) is 4.39. The summed E-state index contributed by atoms with van der Waals surface area (Å²) in [5.41, 5.74) is 1.72. The van der Waals surface area contributed by atoms with E-state index >= 15 is 0 Å². The van der Waals surface area contributed by atoms with Gasteiger partial charge in [-0.05, 0) is 31.5 Å². The molecule has 0 spiro atoms. The lowest BCUT2D eigenvalue weighted by molar-refractivity contribution is 0.102. The first kappa shape index (κ1) is 19.2. The average Bonchev–Trinajstić information content (AvgIpc) is 3.02. The first-order valence-electron chi connectivity index (χ1n) is 8.80. The fraction of sp³-hybridized carbons (Fsp3) is 0.368. The number of para-hydroxylation sites is 2. The Morgan fingerprint density at radius 1 is 1.33 bits per heavy atom. The average molecular weight is 389 g/mol. The lowest BCUT2D eigenvalue weighted by Gasteiger charge is -2.29. The van der Waals surface area contributed by atoms with Crippen LogP contribution >= 0.6 is 0 Å². The number of hydrogen-bond donors (Lipinski definition) is 1. The summed E-state index contributed by atoms with van der Waals surface area (Å²) in [6.07, 6.45) is 3.75. The summed E-state index contributed by atoms with van der Waals surface area (Å²) in [5, 5.41) is 2.83. The van der Waals surface area contributed by atoms with Crippen molar-refractivity contribution in [3.05, 3.63) is 48.3 Å². The molecule has 144 valence electrons. The lowest BCUT2D eigenvalue weighted by atomic mass is 10.1. The van der Waals surface area contributed by atoms with Gasteiger partial charge in [-0.25, -0.2) is 8.42 Å². The normalized spacial score (nSPS) is 18.1. The summed E-state index contributed by atoms with van der Waals surface area (Å²) in [6.45, 7) is 2.60. The second-order valence-electron chi connectivity index (χ2n) is 6.43. The van der Waals surface area contributed by atoms with Crippen LogP contribution in [0.4, 0.5) is 11.4 Å². The number of sulfone groups is 1. The number of rotatable bonds is 6. The van der Waals surface area contributed by atoms with Crippen LogP contribution in [0.1, 0.15) is 23.7 Å². The molecule has 1 aromatic carbocycles. The number of methoxy groups -OCH3 is 1. The zero-order valence-corrected chi connectivity index (χ0v) is 16.2. The SMILES string of the molecule is CCN(c1cncc(C(=O)Nc2ccccc2OC)c1)C1CCS(=O)(=O)C1. The number of pyridine rings is 1. The molecule has 1 aliphatic heterocycles. The number of ether oxygens (including phenoxy) is 1. The monoisotopic (exact) mass is 389 g/mol. The van der Waals surface area contributed by atoms with Crippen molar-refractivity contribution in [1.82, 2.24) is 4.98 Å². The Bertz CT molecular complexity index is 930. The molecule has 2 heterocycles. The second-order valence-corrected chi connectivity index (χ2v) is 8.66. The highest BCUT2D eigenvalue weighted by Crippen LogP contribution is 2.26. The van der Waals surface area contributed by atoms with E-state index in [4.69, 9.17) is 4.74 Å². The Labute approximate surface area is 159 Å². The summed E-state index contributed by atoms with van der Waals surface area (Å²) < 4.78 is 28.9. The van der Waals surface area contributed by atoms with E-state index in [2.05, 4.69) is 10.3 Å². The van der Waals surface area contributed by atoms with Gasteiger partial charge in [-0.2, -0.15) is 0 Å². The van der Waals surface area contributed by atoms with Crippen molar-refractivity contribution in [2.45, 2.75) is 19.4 Å².